The molecule has 0 aliphatic heterocycles. The fourth-order valence-electron chi connectivity index (χ4n) is 2.46. The van der Waals surface area contributed by atoms with Gasteiger partial charge < -0.3 is 4.40 Å². The van der Waals surface area contributed by atoms with E-state index < -0.39 is 0 Å². The maximum Gasteiger partial charge on any atom is 0.124 e. The van der Waals surface area contributed by atoms with Gasteiger partial charge in [0.2, 0.25) is 0 Å². The van der Waals surface area contributed by atoms with Gasteiger partial charge in [0.15, 0.2) is 0 Å². The molecule has 22 heavy (non-hydrogen) atoms. The first kappa shape index (κ1) is 14.7. The smallest absolute Gasteiger partial charge is 0.124 e. The zero-order valence-electron chi connectivity index (χ0n) is 12.9. The van der Waals surface area contributed by atoms with Crippen LogP contribution in [0, 0.1) is 11.3 Å². The van der Waals surface area contributed by atoms with Crippen LogP contribution in [0.2, 0.25) is 0 Å². The summed E-state index contributed by atoms with van der Waals surface area (Å²) in [4.78, 5) is 5.50. The highest BCUT2D eigenvalue weighted by molar-refractivity contribution is 8.00. The quantitative estimate of drug-likeness (QED) is 0.641. The summed E-state index contributed by atoms with van der Waals surface area (Å²) in [6.07, 6.45) is 5.66. The van der Waals surface area contributed by atoms with Gasteiger partial charge in [0.1, 0.15) is 11.8 Å². The van der Waals surface area contributed by atoms with Crippen molar-refractivity contribution < 1.29 is 0 Å². The number of hydrogen-bond acceptors (Lipinski definition) is 3. The molecule has 3 aromatic rings. The SMILES string of the molecule is CC(C)(C)Sc1ccncc1-c1ccc(C#N)n2cccc12. The summed E-state index contributed by atoms with van der Waals surface area (Å²) in [5.41, 5.74) is 3.87. The summed E-state index contributed by atoms with van der Waals surface area (Å²) < 4.78 is 2.05. The largest absolute Gasteiger partial charge is 0.308 e. The van der Waals surface area contributed by atoms with E-state index in [0.717, 1.165) is 16.6 Å². The van der Waals surface area contributed by atoms with Crippen LogP contribution in [0.3, 0.4) is 0 Å². The van der Waals surface area contributed by atoms with E-state index in [4.69, 9.17) is 0 Å². The number of hydrogen-bond donors (Lipinski definition) is 0. The summed E-state index contributed by atoms with van der Waals surface area (Å²) in [5.74, 6) is 0. The lowest BCUT2D eigenvalue weighted by atomic mass is 10.1. The maximum absolute atomic E-state index is 9.24. The van der Waals surface area contributed by atoms with Gasteiger partial charge in [0.25, 0.3) is 0 Å². The fourth-order valence-corrected chi connectivity index (χ4v) is 3.52. The summed E-state index contributed by atoms with van der Waals surface area (Å²) in [7, 11) is 0. The zero-order chi connectivity index (χ0) is 15.7. The molecule has 3 nitrogen and oxygen atoms in total. The van der Waals surface area contributed by atoms with E-state index >= 15 is 0 Å². The molecule has 3 rings (SSSR count). The molecule has 4 heteroatoms. The number of rotatable bonds is 2. The molecule has 0 amide bonds. The third-order valence-electron chi connectivity index (χ3n) is 3.29. The molecule has 0 unspecified atom stereocenters. The zero-order valence-corrected chi connectivity index (χ0v) is 13.7. The van der Waals surface area contributed by atoms with Gasteiger partial charge in [-0.05, 0) is 30.3 Å². The molecule has 0 atom stereocenters. The molecule has 0 radical (unpaired) electrons. The first-order valence-electron chi connectivity index (χ1n) is 7.13. The van der Waals surface area contributed by atoms with Crippen LogP contribution < -0.4 is 0 Å². The molecule has 3 heterocycles. The molecule has 0 aliphatic rings. The van der Waals surface area contributed by atoms with Crippen molar-refractivity contribution in [3.63, 3.8) is 0 Å². The Bertz CT molecular complexity index is 866. The van der Waals surface area contributed by atoms with Gasteiger partial charge in [0.05, 0.1) is 5.52 Å². The number of nitrogens with zero attached hydrogens (tertiary/aromatic N) is 3. The average Bonchev–Trinajstić information content (AvgIpc) is 2.95. The van der Waals surface area contributed by atoms with E-state index in [2.05, 4.69) is 37.9 Å². The van der Waals surface area contributed by atoms with Crippen molar-refractivity contribution in [2.75, 3.05) is 0 Å². The van der Waals surface area contributed by atoms with E-state index in [9.17, 15) is 5.26 Å². The topological polar surface area (TPSA) is 41.1 Å². The summed E-state index contributed by atoms with van der Waals surface area (Å²) in [6, 6.07) is 12.2. The van der Waals surface area contributed by atoms with Gasteiger partial charge in [-0.15, -0.1) is 11.8 Å². The van der Waals surface area contributed by atoms with Crippen LogP contribution in [0.1, 0.15) is 26.5 Å². The Balaban J connectivity index is 2.21. The molecule has 0 bridgehead atoms. The standard InChI is InChI=1S/C18H17N3S/c1-18(2,3)22-17-8-9-20-12-15(17)14-7-6-13(11-19)21-10-4-5-16(14)21/h4-10,12H,1-3H3. The minimum Gasteiger partial charge on any atom is -0.308 e. The molecule has 110 valence electrons. The number of aromatic nitrogens is 2. The normalized spacial score (nSPS) is 11.5. The summed E-state index contributed by atoms with van der Waals surface area (Å²) >= 11 is 1.83. The molecule has 0 aromatic carbocycles. The summed E-state index contributed by atoms with van der Waals surface area (Å²) in [5, 5.41) is 9.24. The van der Waals surface area contributed by atoms with E-state index in [0.29, 0.717) is 5.69 Å². The maximum atomic E-state index is 9.24. The van der Waals surface area contributed by atoms with Crippen LogP contribution in [0.4, 0.5) is 0 Å². The predicted octanol–water partition coefficient (Wildman–Crippen LogP) is 4.76. The number of thioether (sulfide) groups is 1. The van der Waals surface area contributed by atoms with Gasteiger partial charge in [-0.25, -0.2) is 0 Å². The van der Waals surface area contributed by atoms with Crippen molar-refractivity contribution in [3.05, 3.63) is 54.6 Å². The van der Waals surface area contributed by atoms with Crippen molar-refractivity contribution >= 4 is 17.3 Å². The highest BCUT2D eigenvalue weighted by Crippen LogP contribution is 2.39. The van der Waals surface area contributed by atoms with Crippen LogP contribution >= 0.6 is 11.8 Å². The second-order valence-corrected chi connectivity index (χ2v) is 7.96. The lowest BCUT2D eigenvalue weighted by molar-refractivity contribution is 0.803. The molecular formula is C18H17N3S. The van der Waals surface area contributed by atoms with E-state index in [1.54, 1.807) is 0 Å². The molecular weight excluding hydrogens is 290 g/mol. The fraction of sp³-hybridized carbons (Fsp3) is 0.222. The predicted molar refractivity (Wildman–Crippen MR) is 91.0 cm³/mol. The number of nitriles is 1. The number of pyridine rings is 2. The Hall–Kier alpha value is -2.25. The molecule has 0 aliphatic carbocycles. The van der Waals surface area contributed by atoms with Crippen LogP contribution in [0.25, 0.3) is 16.6 Å². The lowest BCUT2D eigenvalue weighted by Gasteiger charge is -2.20. The van der Waals surface area contributed by atoms with Gasteiger partial charge >= 0.3 is 0 Å². The number of fused-ring (bicyclic) bond motifs is 1. The third kappa shape index (κ3) is 2.72. The molecule has 0 saturated carbocycles. The molecule has 0 spiro atoms. The first-order chi connectivity index (χ1) is 10.5. The monoisotopic (exact) mass is 307 g/mol. The Morgan fingerprint density at radius 1 is 1.14 bits per heavy atom. The highest BCUT2D eigenvalue weighted by atomic mass is 32.2. The molecule has 3 aromatic heterocycles. The van der Waals surface area contributed by atoms with Gasteiger partial charge in [-0.2, -0.15) is 5.26 Å². The first-order valence-corrected chi connectivity index (χ1v) is 7.95. The molecule has 0 fully saturated rings. The van der Waals surface area contributed by atoms with Crippen LogP contribution in [0.15, 0.2) is 53.8 Å². The van der Waals surface area contributed by atoms with E-state index in [1.165, 1.54) is 4.90 Å². The van der Waals surface area contributed by atoms with Crippen LogP contribution in [-0.4, -0.2) is 14.1 Å². The Labute approximate surface area is 134 Å². The van der Waals surface area contributed by atoms with Crippen LogP contribution in [0.5, 0.6) is 0 Å². The average molecular weight is 307 g/mol. The van der Waals surface area contributed by atoms with E-state index in [1.807, 2.05) is 59.0 Å². The second-order valence-electron chi connectivity index (χ2n) is 6.09. The van der Waals surface area contributed by atoms with Crippen LogP contribution in [-0.2, 0) is 0 Å². The Morgan fingerprint density at radius 2 is 1.95 bits per heavy atom. The molecule has 0 N–H and O–H groups in total. The minimum atomic E-state index is 0.126. The van der Waals surface area contributed by atoms with Crippen molar-refractivity contribution in [1.29, 1.82) is 5.26 Å². The van der Waals surface area contributed by atoms with Gasteiger partial charge in [-0.1, -0.05) is 20.8 Å². The lowest BCUT2D eigenvalue weighted by Crippen LogP contribution is -2.07. The van der Waals surface area contributed by atoms with Gasteiger partial charge in [0, 0.05) is 39.4 Å². The summed E-state index contributed by atoms with van der Waals surface area (Å²) in [6.45, 7) is 6.61. The minimum absolute atomic E-state index is 0.126. The van der Waals surface area contributed by atoms with Crippen molar-refractivity contribution in [2.45, 2.75) is 30.4 Å². The van der Waals surface area contributed by atoms with Gasteiger partial charge in [-0.3, -0.25) is 4.98 Å². The van der Waals surface area contributed by atoms with Crippen molar-refractivity contribution in [3.8, 4) is 17.2 Å². The molecule has 0 saturated heterocycles. The van der Waals surface area contributed by atoms with Crippen molar-refractivity contribution in [2.24, 2.45) is 0 Å². The van der Waals surface area contributed by atoms with E-state index in [-0.39, 0.29) is 4.75 Å². The Kier molecular flexibility index (Phi) is 3.67. The van der Waals surface area contributed by atoms with Crippen molar-refractivity contribution in [1.82, 2.24) is 9.38 Å². The third-order valence-corrected chi connectivity index (χ3v) is 4.48. The second kappa shape index (κ2) is 5.51. The Morgan fingerprint density at radius 3 is 2.68 bits per heavy atom. The highest BCUT2D eigenvalue weighted by Gasteiger charge is 2.17.